The van der Waals surface area contributed by atoms with E-state index in [4.69, 9.17) is 0 Å². The van der Waals surface area contributed by atoms with Gasteiger partial charge in [-0.15, -0.1) is 6.58 Å². The van der Waals surface area contributed by atoms with Gasteiger partial charge in [0, 0.05) is 19.6 Å². The molecule has 3 rings (SSSR count). The fourth-order valence-corrected chi connectivity index (χ4v) is 4.26. The Morgan fingerprint density at radius 1 is 1.50 bits per heavy atom. The van der Waals surface area contributed by atoms with E-state index in [1.54, 1.807) is 12.3 Å². The number of allylic oxidation sites excluding steroid dienone is 2. The van der Waals surface area contributed by atoms with Gasteiger partial charge in [-0.2, -0.15) is 0 Å². The number of hydrogen-bond acceptors (Lipinski definition) is 4. The standard InChI is InChI=1S/C17H23N3OS/c1-2-10-18-16-19-12-14(22-16)15(21)20-11-6-9-17(13-20)7-4-3-5-8-17/h2-4,12H,1,5-11,13H2,(H,18,19)/t17-/m1/s1. The average molecular weight is 317 g/mol. The number of nitrogens with zero attached hydrogens (tertiary/aromatic N) is 2. The lowest BCUT2D eigenvalue weighted by molar-refractivity contribution is 0.0488. The molecular formula is C17H23N3OS. The fraction of sp³-hybridized carbons (Fsp3) is 0.529. The molecule has 1 atom stereocenters. The van der Waals surface area contributed by atoms with E-state index in [9.17, 15) is 4.79 Å². The number of carbonyl (C=O) groups is 1. The number of piperidine rings is 1. The lowest BCUT2D eigenvalue weighted by Gasteiger charge is -2.43. The lowest BCUT2D eigenvalue weighted by Crippen LogP contribution is -2.46. The highest BCUT2D eigenvalue weighted by atomic mass is 32.1. The zero-order valence-electron chi connectivity index (χ0n) is 12.9. The number of aromatic nitrogens is 1. The molecule has 118 valence electrons. The number of amides is 1. The van der Waals surface area contributed by atoms with Gasteiger partial charge in [0.2, 0.25) is 0 Å². The molecule has 1 aromatic rings. The number of hydrogen-bond donors (Lipinski definition) is 1. The number of thiazole rings is 1. The van der Waals surface area contributed by atoms with E-state index in [-0.39, 0.29) is 5.91 Å². The molecule has 1 aliphatic carbocycles. The molecule has 1 spiro atoms. The number of rotatable bonds is 4. The Bertz CT molecular complexity index is 580. The van der Waals surface area contributed by atoms with Crippen LogP contribution in [0.1, 0.15) is 41.8 Å². The molecule has 1 saturated heterocycles. The maximum Gasteiger partial charge on any atom is 0.265 e. The minimum atomic E-state index is 0.137. The van der Waals surface area contributed by atoms with E-state index in [0.29, 0.717) is 12.0 Å². The molecule has 5 heteroatoms. The van der Waals surface area contributed by atoms with Crippen molar-refractivity contribution in [2.24, 2.45) is 5.41 Å². The normalized spacial score (nSPS) is 24.5. The van der Waals surface area contributed by atoms with Crippen LogP contribution < -0.4 is 5.32 Å². The summed E-state index contributed by atoms with van der Waals surface area (Å²) in [6.45, 7) is 6.11. The second-order valence-corrected chi connectivity index (χ2v) is 7.27. The van der Waals surface area contributed by atoms with E-state index >= 15 is 0 Å². The molecule has 22 heavy (non-hydrogen) atoms. The highest BCUT2D eigenvalue weighted by molar-refractivity contribution is 7.17. The van der Waals surface area contributed by atoms with Crippen LogP contribution in [-0.2, 0) is 0 Å². The van der Waals surface area contributed by atoms with Crippen LogP contribution in [0.25, 0.3) is 0 Å². The predicted octanol–water partition coefficient (Wildman–Crippen LogP) is 3.70. The van der Waals surface area contributed by atoms with Crippen LogP contribution in [0.3, 0.4) is 0 Å². The first-order valence-corrected chi connectivity index (χ1v) is 8.79. The number of anilines is 1. The highest BCUT2D eigenvalue weighted by Gasteiger charge is 2.37. The smallest absolute Gasteiger partial charge is 0.265 e. The van der Waals surface area contributed by atoms with Crippen LogP contribution in [0.4, 0.5) is 5.13 Å². The Morgan fingerprint density at radius 3 is 3.18 bits per heavy atom. The first-order valence-electron chi connectivity index (χ1n) is 7.97. The summed E-state index contributed by atoms with van der Waals surface area (Å²) in [5.74, 6) is 0.137. The van der Waals surface area contributed by atoms with Crippen molar-refractivity contribution in [2.75, 3.05) is 25.0 Å². The summed E-state index contributed by atoms with van der Waals surface area (Å²) in [6.07, 6.45) is 13.9. The van der Waals surface area contributed by atoms with Crippen molar-refractivity contribution in [3.8, 4) is 0 Å². The van der Waals surface area contributed by atoms with Gasteiger partial charge >= 0.3 is 0 Å². The monoisotopic (exact) mass is 317 g/mol. The van der Waals surface area contributed by atoms with Crippen molar-refractivity contribution < 1.29 is 4.79 Å². The summed E-state index contributed by atoms with van der Waals surface area (Å²) in [7, 11) is 0. The topological polar surface area (TPSA) is 45.2 Å². The first-order chi connectivity index (χ1) is 10.7. The zero-order valence-corrected chi connectivity index (χ0v) is 13.7. The van der Waals surface area contributed by atoms with Crippen LogP contribution in [0.15, 0.2) is 31.0 Å². The summed E-state index contributed by atoms with van der Waals surface area (Å²) in [5, 5.41) is 3.93. The van der Waals surface area contributed by atoms with Gasteiger partial charge in [-0.3, -0.25) is 4.79 Å². The molecule has 1 fully saturated rings. The average Bonchev–Trinajstić information content (AvgIpc) is 3.02. The summed E-state index contributed by atoms with van der Waals surface area (Å²) >= 11 is 1.43. The maximum absolute atomic E-state index is 12.7. The van der Waals surface area contributed by atoms with E-state index in [1.807, 2.05) is 4.90 Å². The molecule has 2 aliphatic rings. The molecular weight excluding hydrogens is 294 g/mol. The molecule has 1 amide bonds. The molecule has 1 aliphatic heterocycles. The summed E-state index contributed by atoms with van der Waals surface area (Å²) in [6, 6.07) is 0. The molecule has 4 nitrogen and oxygen atoms in total. The molecule has 0 unspecified atom stereocenters. The minimum Gasteiger partial charge on any atom is -0.358 e. The SMILES string of the molecule is C=CCNc1ncc(C(=O)N2CCC[C@]3(CC=CCC3)C2)s1. The highest BCUT2D eigenvalue weighted by Crippen LogP contribution is 2.41. The van der Waals surface area contributed by atoms with E-state index in [1.165, 1.54) is 24.2 Å². The molecule has 1 N–H and O–H groups in total. The van der Waals surface area contributed by atoms with E-state index < -0.39 is 0 Å². The molecule has 1 aromatic heterocycles. The Hall–Kier alpha value is -1.62. The summed E-state index contributed by atoms with van der Waals surface area (Å²) in [4.78, 5) is 19.8. The van der Waals surface area contributed by atoms with Crippen molar-refractivity contribution >= 4 is 22.4 Å². The number of nitrogens with one attached hydrogen (secondary N) is 1. The van der Waals surface area contributed by atoms with Gasteiger partial charge < -0.3 is 10.2 Å². The van der Waals surface area contributed by atoms with Gasteiger partial charge in [0.05, 0.1) is 6.20 Å². The third kappa shape index (κ3) is 3.24. The molecule has 0 aromatic carbocycles. The molecule has 0 bridgehead atoms. The maximum atomic E-state index is 12.7. The molecule has 2 heterocycles. The van der Waals surface area contributed by atoms with Gasteiger partial charge in [0.25, 0.3) is 5.91 Å². The number of carbonyl (C=O) groups excluding carboxylic acids is 1. The second kappa shape index (κ2) is 6.65. The van der Waals surface area contributed by atoms with Crippen molar-refractivity contribution in [1.82, 2.24) is 9.88 Å². The van der Waals surface area contributed by atoms with Crippen molar-refractivity contribution in [1.29, 1.82) is 0 Å². The number of likely N-dealkylation sites (tertiary alicyclic amines) is 1. The third-order valence-corrected chi connectivity index (χ3v) is 5.56. The molecule has 0 radical (unpaired) electrons. The third-order valence-electron chi connectivity index (χ3n) is 4.62. The Kier molecular flexibility index (Phi) is 4.62. The van der Waals surface area contributed by atoms with Crippen LogP contribution in [0.5, 0.6) is 0 Å². The van der Waals surface area contributed by atoms with Crippen LogP contribution in [0.2, 0.25) is 0 Å². The summed E-state index contributed by atoms with van der Waals surface area (Å²) in [5.41, 5.74) is 0.317. The van der Waals surface area contributed by atoms with Gasteiger partial charge in [-0.1, -0.05) is 29.6 Å². The molecule has 0 saturated carbocycles. The van der Waals surface area contributed by atoms with Crippen molar-refractivity contribution in [3.63, 3.8) is 0 Å². The summed E-state index contributed by atoms with van der Waals surface area (Å²) < 4.78 is 0. The predicted molar refractivity (Wildman–Crippen MR) is 91.4 cm³/mol. The zero-order chi connectivity index (χ0) is 15.4. The van der Waals surface area contributed by atoms with Crippen molar-refractivity contribution in [3.05, 3.63) is 35.9 Å². The van der Waals surface area contributed by atoms with Crippen LogP contribution in [0, 0.1) is 5.41 Å². The first kappa shape index (κ1) is 15.3. The van der Waals surface area contributed by atoms with Crippen molar-refractivity contribution in [2.45, 2.75) is 32.1 Å². The van der Waals surface area contributed by atoms with E-state index in [2.05, 4.69) is 29.0 Å². The van der Waals surface area contributed by atoms with E-state index in [0.717, 1.165) is 42.4 Å². The minimum absolute atomic E-state index is 0.137. The van der Waals surface area contributed by atoms with Crippen LogP contribution >= 0.6 is 11.3 Å². The van der Waals surface area contributed by atoms with Gasteiger partial charge in [0.15, 0.2) is 5.13 Å². The van der Waals surface area contributed by atoms with Gasteiger partial charge in [0.1, 0.15) is 4.88 Å². The Balaban J connectivity index is 1.67. The van der Waals surface area contributed by atoms with Gasteiger partial charge in [-0.25, -0.2) is 4.98 Å². The van der Waals surface area contributed by atoms with Crippen LogP contribution in [-0.4, -0.2) is 35.4 Å². The quantitative estimate of drug-likeness (QED) is 0.861. The lowest BCUT2D eigenvalue weighted by atomic mass is 9.71. The Labute approximate surface area is 135 Å². The fourth-order valence-electron chi connectivity index (χ4n) is 3.46. The second-order valence-electron chi connectivity index (χ2n) is 6.24. The Morgan fingerprint density at radius 2 is 2.41 bits per heavy atom. The largest absolute Gasteiger partial charge is 0.358 e. The van der Waals surface area contributed by atoms with Gasteiger partial charge in [-0.05, 0) is 37.5 Å².